The summed E-state index contributed by atoms with van der Waals surface area (Å²) in [6, 6.07) is 8.44. The molecule has 5 heteroatoms. The number of ether oxygens (including phenoxy) is 1. The fourth-order valence-corrected chi connectivity index (χ4v) is 4.74. The Balaban J connectivity index is 1.92. The standard InChI is InChI=1S/C27H44N2O3/c1-7-19(2)10-8-12-25(30)29-17-9-11-24(29)26(32-6)22(5)27(31)28-21(4)18-23-15-13-20(3)14-16-23/h13-16,19,21-22,24,26H,7-12,17-18H2,1-6H3,(H,28,31)/t19-,21+,22+,24-,26+/m0/s1. The molecule has 32 heavy (non-hydrogen) atoms. The van der Waals surface area contributed by atoms with E-state index >= 15 is 0 Å². The summed E-state index contributed by atoms with van der Waals surface area (Å²) in [5.74, 6) is 0.541. The number of methoxy groups -OCH3 is 1. The van der Waals surface area contributed by atoms with Crippen molar-refractivity contribution in [1.29, 1.82) is 0 Å². The van der Waals surface area contributed by atoms with Crippen molar-refractivity contribution in [1.82, 2.24) is 10.2 Å². The van der Waals surface area contributed by atoms with Crippen LogP contribution in [0.25, 0.3) is 0 Å². The number of hydrogen-bond donors (Lipinski definition) is 1. The summed E-state index contributed by atoms with van der Waals surface area (Å²) >= 11 is 0. The fraction of sp³-hybridized carbons (Fsp3) is 0.704. The zero-order valence-electron chi connectivity index (χ0n) is 21.0. The highest BCUT2D eigenvalue weighted by Gasteiger charge is 2.39. The van der Waals surface area contributed by atoms with Gasteiger partial charge in [0.2, 0.25) is 11.8 Å². The summed E-state index contributed by atoms with van der Waals surface area (Å²) in [6.07, 6.45) is 6.13. The Kier molecular flexibility index (Phi) is 10.7. The minimum atomic E-state index is -0.320. The molecule has 180 valence electrons. The van der Waals surface area contributed by atoms with Crippen molar-refractivity contribution in [3.63, 3.8) is 0 Å². The van der Waals surface area contributed by atoms with Gasteiger partial charge < -0.3 is 15.0 Å². The van der Waals surface area contributed by atoms with Gasteiger partial charge in [-0.3, -0.25) is 9.59 Å². The third kappa shape index (κ3) is 7.61. The summed E-state index contributed by atoms with van der Waals surface area (Å²) in [5, 5.41) is 3.16. The van der Waals surface area contributed by atoms with Crippen molar-refractivity contribution >= 4 is 11.8 Å². The van der Waals surface area contributed by atoms with Gasteiger partial charge in [0, 0.05) is 26.1 Å². The molecule has 2 amide bonds. The van der Waals surface area contributed by atoms with E-state index in [4.69, 9.17) is 4.74 Å². The third-order valence-electron chi connectivity index (χ3n) is 7.01. The van der Waals surface area contributed by atoms with Crippen LogP contribution in [0.5, 0.6) is 0 Å². The van der Waals surface area contributed by atoms with Gasteiger partial charge in [0.25, 0.3) is 0 Å². The first-order valence-corrected chi connectivity index (χ1v) is 12.4. The molecule has 1 aromatic carbocycles. The molecule has 1 aromatic rings. The highest BCUT2D eigenvalue weighted by atomic mass is 16.5. The average Bonchev–Trinajstić information content (AvgIpc) is 3.25. The van der Waals surface area contributed by atoms with E-state index in [-0.39, 0.29) is 35.9 Å². The van der Waals surface area contributed by atoms with E-state index in [1.54, 1.807) is 7.11 Å². The third-order valence-corrected chi connectivity index (χ3v) is 7.01. The van der Waals surface area contributed by atoms with Gasteiger partial charge in [0.05, 0.1) is 18.1 Å². The van der Waals surface area contributed by atoms with E-state index in [2.05, 4.69) is 50.4 Å². The van der Waals surface area contributed by atoms with E-state index in [1.807, 2.05) is 18.7 Å². The molecule has 1 aliphatic rings. The van der Waals surface area contributed by atoms with Gasteiger partial charge in [-0.05, 0) is 51.0 Å². The van der Waals surface area contributed by atoms with E-state index < -0.39 is 0 Å². The topological polar surface area (TPSA) is 58.6 Å². The molecule has 1 N–H and O–H groups in total. The van der Waals surface area contributed by atoms with Crippen LogP contribution in [-0.2, 0) is 20.7 Å². The largest absolute Gasteiger partial charge is 0.378 e. The van der Waals surface area contributed by atoms with Gasteiger partial charge >= 0.3 is 0 Å². The number of benzene rings is 1. The molecule has 5 nitrogen and oxygen atoms in total. The van der Waals surface area contributed by atoms with Gasteiger partial charge in [-0.25, -0.2) is 0 Å². The van der Waals surface area contributed by atoms with E-state index in [0.717, 1.165) is 45.1 Å². The maximum atomic E-state index is 13.0. The Morgan fingerprint density at radius 1 is 1.19 bits per heavy atom. The highest BCUT2D eigenvalue weighted by Crippen LogP contribution is 2.27. The van der Waals surface area contributed by atoms with Crippen molar-refractivity contribution in [3.8, 4) is 0 Å². The van der Waals surface area contributed by atoms with Crippen LogP contribution in [-0.4, -0.2) is 48.6 Å². The van der Waals surface area contributed by atoms with Crippen LogP contribution in [0.15, 0.2) is 24.3 Å². The Hall–Kier alpha value is -1.88. The number of carbonyl (C=O) groups excluding carboxylic acids is 2. The number of hydrogen-bond acceptors (Lipinski definition) is 3. The highest BCUT2D eigenvalue weighted by molar-refractivity contribution is 5.80. The fourth-order valence-electron chi connectivity index (χ4n) is 4.74. The Morgan fingerprint density at radius 2 is 1.88 bits per heavy atom. The summed E-state index contributed by atoms with van der Waals surface area (Å²) in [5.41, 5.74) is 2.45. The first kappa shape index (κ1) is 26.4. The molecule has 0 aromatic heterocycles. The number of rotatable bonds is 12. The maximum Gasteiger partial charge on any atom is 0.225 e. The van der Waals surface area contributed by atoms with Crippen molar-refractivity contribution < 1.29 is 14.3 Å². The summed E-state index contributed by atoms with van der Waals surface area (Å²) in [6.45, 7) is 11.2. The maximum absolute atomic E-state index is 13.0. The summed E-state index contributed by atoms with van der Waals surface area (Å²) in [4.78, 5) is 27.9. The van der Waals surface area contributed by atoms with Crippen LogP contribution in [0.4, 0.5) is 0 Å². The second kappa shape index (κ2) is 13.0. The van der Waals surface area contributed by atoms with Crippen molar-refractivity contribution in [2.24, 2.45) is 11.8 Å². The van der Waals surface area contributed by atoms with Gasteiger partial charge in [0.1, 0.15) is 0 Å². The van der Waals surface area contributed by atoms with Gasteiger partial charge in [-0.2, -0.15) is 0 Å². The first-order valence-electron chi connectivity index (χ1n) is 12.4. The summed E-state index contributed by atoms with van der Waals surface area (Å²) in [7, 11) is 1.66. The SMILES string of the molecule is CC[C@H](C)CCCC(=O)N1CCC[C@H]1[C@H](OC)[C@@H](C)C(=O)N[C@H](C)Cc1ccc(C)cc1. The Morgan fingerprint density at radius 3 is 2.50 bits per heavy atom. The second-order valence-corrected chi connectivity index (χ2v) is 9.79. The minimum Gasteiger partial charge on any atom is -0.378 e. The normalized spacial score (nSPS) is 19.9. The van der Waals surface area contributed by atoms with Crippen molar-refractivity contribution in [2.45, 2.75) is 97.8 Å². The predicted octanol–water partition coefficient (Wildman–Crippen LogP) is 4.90. The molecule has 1 fully saturated rings. The smallest absolute Gasteiger partial charge is 0.225 e. The first-order chi connectivity index (χ1) is 15.3. The molecule has 1 aliphatic heterocycles. The lowest BCUT2D eigenvalue weighted by Gasteiger charge is -2.34. The number of likely N-dealkylation sites (tertiary alicyclic amines) is 1. The van der Waals surface area contributed by atoms with Gasteiger partial charge in [-0.15, -0.1) is 0 Å². The van der Waals surface area contributed by atoms with E-state index in [9.17, 15) is 9.59 Å². The van der Waals surface area contributed by atoms with Crippen LogP contribution in [0.3, 0.4) is 0 Å². The number of carbonyl (C=O) groups is 2. The van der Waals surface area contributed by atoms with Gasteiger partial charge in [0.15, 0.2) is 0 Å². The molecule has 2 rings (SSSR count). The molecule has 0 unspecified atom stereocenters. The Bertz CT molecular complexity index is 718. The molecule has 0 radical (unpaired) electrons. The molecule has 0 aliphatic carbocycles. The number of amides is 2. The molecule has 1 saturated heterocycles. The van der Waals surface area contributed by atoms with E-state index in [0.29, 0.717) is 12.3 Å². The summed E-state index contributed by atoms with van der Waals surface area (Å²) < 4.78 is 5.82. The van der Waals surface area contributed by atoms with Crippen LogP contribution >= 0.6 is 0 Å². The molecule has 0 bridgehead atoms. The quantitative estimate of drug-likeness (QED) is 0.499. The molecule has 0 saturated carbocycles. The lowest BCUT2D eigenvalue weighted by Crippen LogP contribution is -2.50. The molecular weight excluding hydrogens is 400 g/mol. The van der Waals surface area contributed by atoms with Crippen LogP contribution in [0, 0.1) is 18.8 Å². The number of nitrogens with one attached hydrogen (secondary N) is 1. The average molecular weight is 445 g/mol. The molecule has 0 spiro atoms. The molecular formula is C27H44N2O3. The zero-order valence-corrected chi connectivity index (χ0v) is 21.0. The van der Waals surface area contributed by atoms with Crippen LogP contribution < -0.4 is 5.32 Å². The lowest BCUT2D eigenvalue weighted by atomic mass is 9.94. The molecule has 5 atom stereocenters. The monoisotopic (exact) mass is 444 g/mol. The number of aryl methyl sites for hydroxylation is 1. The van der Waals surface area contributed by atoms with Crippen LogP contribution in [0.2, 0.25) is 0 Å². The number of nitrogens with zero attached hydrogens (tertiary/aromatic N) is 1. The van der Waals surface area contributed by atoms with Crippen LogP contribution in [0.1, 0.15) is 77.3 Å². The van der Waals surface area contributed by atoms with Gasteiger partial charge in [-0.1, -0.05) is 63.4 Å². The van der Waals surface area contributed by atoms with E-state index in [1.165, 1.54) is 11.1 Å². The van der Waals surface area contributed by atoms with Crippen molar-refractivity contribution in [2.75, 3.05) is 13.7 Å². The second-order valence-electron chi connectivity index (χ2n) is 9.79. The predicted molar refractivity (Wildman–Crippen MR) is 130 cm³/mol. The minimum absolute atomic E-state index is 0.00692. The Labute approximate surface area is 195 Å². The zero-order chi connectivity index (χ0) is 23.7. The lowest BCUT2D eigenvalue weighted by molar-refractivity contribution is -0.140. The molecule has 1 heterocycles. The van der Waals surface area contributed by atoms with Crippen molar-refractivity contribution in [3.05, 3.63) is 35.4 Å².